The third-order valence-electron chi connectivity index (χ3n) is 5.17. The van der Waals surface area contributed by atoms with Crippen LogP contribution in [0, 0.1) is 5.92 Å². The molecule has 0 aliphatic carbocycles. The van der Waals surface area contributed by atoms with Crippen molar-refractivity contribution >= 4 is 29.9 Å². The second kappa shape index (κ2) is 8.77. The van der Waals surface area contributed by atoms with E-state index in [4.69, 9.17) is 0 Å². The van der Waals surface area contributed by atoms with Crippen LogP contribution in [-0.2, 0) is 6.18 Å². The van der Waals surface area contributed by atoms with E-state index < -0.39 is 11.7 Å². The second-order valence-corrected chi connectivity index (χ2v) is 6.96. The Morgan fingerprint density at radius 2 is 1.85 bits per heavy atom. The van der Waals surface area contributed by atoms with Crippen LogP contribution in [0.4, 0.5) is 13.2 Å². The highest BCUT2D eigenvalue weighted by Gasteiger charge is 2.33. The first-order chi connectivity index (χ1) is 11.9. The SMILES string of the molecule is CN1CCN=C1NCC1CCCN(C)C1c1ccc(C(F)(F)F)cc1.I. The summed E-state index contributed by atoms with van der Waals surface area (Å²) in [6.45, 7) is 3.48. The number of nitrogens with zero attached hydrogens (tertiary/aromatic N) is 3. The molecule has 146 valence electrons. The van der Waals surface area contributed by atoms with Crippen LogP contribution in [0.1, 0.15) is 30.0 Å². The van der Waals surface area contributed by atoms with Crippen molar-refractivity contribution in [1.82, 2.24) is 15.1 Å². The van der Waals surface area contributed by atoms with Crippen LogP contribution in [0.5, 0.6) is 0 Å². The standard InChI is InChI=1S/C18H25F3N4.HI/c1-24-10-3-4-14(12-23-17-22-9-11-25(17)2)16(24)13-5-7-15(8-6-13)18(19,20)21;/h5-8,14,16H,3-4,9-12H2,1-2H3,(H,22,23);1H. The molecule has 2 atom stereocenters. The predicted molar refractivity (Wildman–Crippen MR) is 108 cm³/mol. The molecule has 0 saturated carbocycles. The number of likely N-dealkylation sites (N-methyl/N-ethyl adjacent to an activating group) is 1. The molecule has 2 unspecified atom stereocenters. The lowest BCUT2D eigenvalue weighted by molar-refractivity contribution is -0.137. The molecule has 1 N–H and O–H groups in total. The van der Waals surface area contributed by atoms with Crippen LogP contribution in [0.25, 0.3) is 0 Å². The molecule has 0 radical (unpaired) electrons. The van der Waals surface area contributed by atoms with Gasteiger partial charge < -0.3 is 10.2 Å². The summed E-state index contributed by atoms with van der Waals surface area (Å²) in [5.41, 5.74) is 0.357. The van der Waals surface area contributed by atoms with Gasteiger partial charge in [-0.15, -0.1) is 24.0 Å². The van der Waals surface area contributed by atoms with E-state index in [9.17, 15) is 13.2 Å². The van der Waals surface area contributed by atoms with Gasteiger partial charge in [-0.25, -0.2) is 0 Å². The fourth-order valence-corrected chi connectivity index (χ4v) is 3.82. The third kappa shape index (κ3) is 4.82. The number of hydrogen-bond acceptors (Lipinski definition) is 4. The molecule has 8 heteroatoms. The molecule has 3 rings (SSSR count). The molecule has 1 saturated heterocycles. The Kier molecular flexibility index (Phi) is 7.18. The first-order valence-electron chi connectivity index (χ1n) is 8.73. The van der Waals surface area contributed by atoms with Gasteiger partial charge in [0, 0.05) is 26.2 Å². The van der Waals surface area contributed by atoms with Crippen LogP contribution in [-0.4, -0.2) is 56.0 Å². The summed E-state index contributed by atoms with van der Waals surface area (Å²) in [5, 5.41) is 3.43. The highest BCUT2D eigenvalue weighted by molar-refractivity contribution is 14.0. The van der Waals surface area contributed by atoms with Crippen LogP contribution >= 0.6 is 24.0 Å². The van der Waals surface area contributed by atoms with Crippen molar-refractivity contribution in [3.8, 4) is 0 Å². The van der Waals surface area contributed by atoms with Crippen molar-refractivity contribution in [3.05, 3.63) is 35.4 Å². The van der Waals surface area contributed by atoms with Gasteiger partial charge in [0.15, 0.2) is 5.96 Å². The Hall–Kier alpha value is -1.03. The minimum atomic E-state index is -4.29. The van der Waals surface area contributed by atoms with Crippen LogP contribution in [0.2, 0.25) is 0 Å². The maximum absolute atomic E-state index is 12.8. The molecule has 1 aromatic carbocycles. The van der Waals surface area contributed by atoms with E-state index in [1.165, 1.54) is 12.1 Å². The van der Waals surface area contributed by atoms with Gasteiger partial charge in [-0.1, -0.05) is 12.1 Å². The monoisotopic (exact) mass is 482 g/mol. The van der Waals surface area contributed by atoms with E-state index in [0.717, 1.165) is 50.5 Å². The summed E-state index contributed by atoms with van der Waals surface area (Å²) in [7, 11) is 4.06. The van der Waals surface area contributed by atoms with Crippen molar-refractivity contribution in [2.45, 2.75) is 25.1 Å². The first-order valence-corrected chi connectivity index (χ1v) is 8.73. The fourth-order valence-electron chi connectivity index (χ4n) is 3.82. The minimum absolute atomic E-state index is 0. The molecule has 0 aromatic heterocycles. The number of benzene rings is 1. The first kappa shape index (κ1) is 21.3. The lowest BCUT2D eigenvalue weighted by Gasteiger charge is -2.40. The number of hydrogen-bond donors (Lipinski definition) is 1. The van der Waals surface area contributed by atoms with Gasteiger partial charge >= 0.3 is 6.18 Å². The zero-order valence-electron chi connectivity index (χ0n) is 15.1. The summed E-state index contributed by atoms with van der Waals surface area (Å²) in [5.74, 6) is 1.26. The van der Waals surface area contributed by atoms with Gasteiger partial charge in [0.05, 0.1) is 12.1 Å². The van der Waals surface area contributed by atoms with Crippen molar-refractivity contribution in [3.63, 3.8) is 0 Å². The Morgan fingerprint density at radius 3 is 2.42 bits per heavy atom. The van der Waals surface area contributed by atoms with E-state index >= 15 is 0 Å². The Morgan fingerprint density at radius 1 is 1.15 bits per heavy atom. The number of aliphatic imine (C=N–C) groups is 1. The quantitative estimate of drug-likeness (QED) is 0.669. The predicted octanol–water partition coefficient (Wildman–Crippen LogP) is 3.60. The smallest absolute Gasteiger partial charge is 0.356 e. The molecule has 2 aliphatic rings. The Labute approximate surface area is 169 Å². The zero-order valence-corrected chi connectivity index (χ0v) is 17.4. The third-order valence-corrected chi connectivity index (χ3v) is 5.17. The van der Waals surface area contributed by atoms with Crippen molar-refractivity contribution in [2.75, 3.05) is 40.3 Å². The van der Waals surface area contributed by atoms with Crippen LogP contribution in [0.3, 0.4) is 0 Å². The van der Waals surface area contributed by atoms with E-state index in [1.807, 2.05) is 14.1 Å². The Balaban J connectivity index is 0.00000243. The highest BCUT2D eigenvalue weighted by atomic mass is 127. The largest absolute Gasteiger partial charge is 0.416 e. The summed E-state index contributed by atoms with van der Waals surface area (Å²) in [6.07, 6.45) is -2.13. The molecule has 1 aromatic rings. The van der Waals surface area contributed by atoms with E-state index in [0.29, 0.717) is 5.92 Å². The topological polar surface area (TPSA) is 30.9 Å². The molecule has 26 heavy (non-hydrogen) atoms. The number of guanidine groups is 1. The van der Waals surface area contributed by atoms with Crippen LogP contribution < -0.4 is 5.32 Å². The summed E-state index contributed by atoms with van der Waals surface area (Å²) in [4.78, 5) is 8.79. The molecule has 0 bridgehead atoms. The minimum Gasteiger partial charge on any atom is -0.356 e. The lowest BCUT2D eigenvalue weighted by atomic mass is 9.84. The Bertz CT molecular complexity index is 618. The average Bonchev–Trinajstić information content (AvgIpc) is 2.97. The van der Waals surface area contributed by atoms with Gasteiger partial charge in [0.25, 0.3) is 0 Å². The van der Waals surface area contributed by atoms with Gasteiger partial charge in [0.1, 0.15) is 0 Å². The number of alkyl halides is 3. The second-order valence-electron chi connectivity index (χ2n) is 6.96. The van der Waals surface area contributed by atoms with Gasteiger partial charge in [-0.2, -0.15) is 13.2 Å². The number of likely N-dealkylation sites (tertiary alicyclic amines) is 1. The summed E-state index contributed by atoms with van der Waals surface area (Å²) < 4.78 is 38.4. The zero-order chi connectivity index (χ0) is 18.0. The molecule has 4 nitrogen and oxygen atoms in total. The van der Waals surface area contributed by atoms with Gasteiger partial charge in [0.2, 0.25) is 0 Å². The lowest BCUT2D eigenvalue weighted by Crippen LogP contribution is -2.44. The molecular formula is C18H26F3IN4. The summed E-state index contributed by atoms with van der Waals surface area (Å²) >= 11 is 0. The van der Waals surface area contributed by atoms with E-state index in [2.05, 4.69) is 20.1 Å². The number of halogens is 4. The highest BCUT2D eigenvalue weighted by Crippen LogP contribution is 2.36. The van der Waals surface area contributed by atoms with E-state index in [1.54, 1.807) is 12.1 Å². The van der Waals surface area contributed by atoms with Gasteiger partial charge in [-0.05, 0) is 50.0 Å². The number of rotatable bonds is 3. The average molecular weight is 482 g/mol. The molecule has 2 heterocycles. The molecule has 0 spiro atoms. The van der Waals surface area contributed by atoms with Gasteiger partial charge in [-0.3, -0.25) is 9.89 Å². The molecule has 1 fully saturated rings. The van der Waals surface area contributed by atoms with Crippen LogP contribution in [0.15, 0.2) is 29.3 Å². The normalized spacial score (nSPS) is 24.2. The molecule has 2 aliphatic heterocycles. The maximum Gasteiger partial charge on any atom is 0.416 e. The fraction of sp³-hybridized carbons (Fsp3) is 0.611. The molecular weight excluding hydrogens is 456 g/mol. The van der Waals surface area contributed by atoms with Crippen molar-refractivity contribution in [1.29, 1.82) is 0 Å². The number of nitrogens with one attached hydrogen (secondary N) is 1. The van der Waals surface area contributed by atoms with Crippen molar-refractivity contribution in [2.24, 2.45) is 10.9 Å². The van der Waals surface area contributed by atoms with E-state index in [-0.39, 0.29) is 30.0 Å². The van der Waals surface area contributed by atoms with Crippen molar-refractivity contribution < 1.29 is 13.2 Å². The summed E-state index contributed by atoms with van der Waals surface area (Å²) in [6, 6.07) is 5.76. The number of piperidine rings is 1. The maximum atomic E-state index is 12.8. The molecule has 0 amide bonds.